The normalized spacial score (nSPS) is 19.9. The number of thiazole rings is 1. The summed E-state index contributed by atoms with van der Waals surface area (Å²) in [6, 6.07) is 7.58. The number of anilines is 2. The first-order valence-corrected chi connectivity index (χ1v) is 15.6. The van der Waals surface area contributed by atoms with Crippen LogP contribution in [0.4, 0.5) is 16.3 Å². The zero-order valence-corrected chi connectivity index (χ0v) is 23.9. The van der Waals surface area contributed by atoms with Gasteiger partial charge < -0.3 is 15.4 Å². The van der Waals surface area contributed by atoms with Crippen LogP contribution in [0.3, 0.4) is 0 Å². The van der Waals surface area contributed by atoms with Crippen LogP contribution in [-0.4, -0.2) is 46.7 Å². The van der Waals surface area contributed by atoms with Gasteiger partial charge in [-0.05, 0) is 71.4 Å². The fourth-order valence-corrected chi connectivity index (χ4v) is 8.06. The third kappa shape index (κ3) is 5.88. The third-order valence-corrected chi connectivity index (χ3v) is 10.5. The predicted molar refractivity (Wildman–Crippen MR) is 149 cm³/mol. The Hall–Kier alpha value is -2.92. The van der Waals surface area contributed by atoms with Gasteiger partial charge in [0.15, 0.2) is 9.84 Å². The van der Waals surface area contributed by atoms with Crippen molar-refractivity contribution in [2.75, 3.05) is 5.32 Å². The van der Waals surface area contributed by atoms with Gasteiger partial charge in [0, 0.05) is 42.5 Å². The molecular weight excluding hydrogens is 522 g/mol. The van der Waals surface area contributed by atoms with Crippen molar-refractivity contribution in [3.05, 3.63) is 41.2 Å². The van der Waals surface area contributed by atoms with Gasteiger partial charge in [0.1, 0.15) is 5.82 Å². The highest BCUT2D eigenvalue weighted by molar-refractivity contribution is 7.92. The number of sulfone groups is 1. The van der Waals surface area contributed by atoms with E-state index in [2.05, 4.69) is 15.7 Å². The molecule has 2 aliphatic rings. The van der Waals surface area contributed by atoms with Crippen LogP contribution in [0.15, 0.2) is 35.4 Å². The molecule has 0 unspecified atom stereocenters. The SMILES string of the molecule is Cc1cc(Nc2ccc(-c3cnc([C@H]4CC[C@H](NC(=O)OC(C)C)CC4)s3)c(S(=O)(=O)C3CC3)c2)n(C)n1. The molecule has 0 spiro atoms. The van der Waals surface area contributed by atoms with Crippen LogP contribution < -0.4 is 10.6 Å². The quantitative estimate of drug-likeness (QED) is 0.365. The van der Waals surface area contributed by atoms with Crippen LogP contribution in [0, 0.1) is 6.92 Å². The maximum Gasteiger partial charge on any atom is 0.407 e. The molecule has 2 heterocycles. The lowest BCUT2D eigenvalue weighted by Gasteiger charge is -2.28. The summed E-state index contributed by atoms with van der Waals surface area (Å²) in [4.78, 5) is 17.9. The number of aryl methyl sites for hydroxylation is 2. The molecule has 5 rings (SSSR count). The summed E-state index contributed by atoms with van der Waals surface area (Å²) in [5.41, 5.74) is 2.30. The number of nitrogens with zero attached hydrogens (tertiary/aromatic N) is 3. The molecular formula is C27H35N5O4S2. The Morgan fingerprint density at radius 3 is 2.50 bits per heavy atom. The van der Waals surface area contributed by atoms with E-state index >= 15 is 0 Å². The minimum Gasteiger partial charge on any atom is -0.447 e. The molecule has 1 aromatic carbocycles. The lowest BCUT2D eigenvalue weighted by molar-refractivity contribution is 0.109. The molecule has 38 heavy (non-hydrogen) atoms. The van der Waals surface area contributed by atoms with E-state index in [1.54, 1.807) is 22.1 Å². The number of ether oxygens (including phenoxy) is 1. The number of carbonyl (C=O) groups excluding carboxylic acids is 1. The number of carbonyl (C=O) groups is 1. The Kier molecular flexibility index (Phi) is 7.50. The molecule has 0 aliphatic heterocycles. The van der Waals surface area contributed by atoms with Crippen molar-refractivity contribution >= 4 is 38.8 Å². The molecule has 2 fully saturated rings. The summed E-state index contributed by atoms with van der Waals surface area (Å²) in [5, 5.41) is 11.3. The van der Waals surface area contributed by atoms with Crippen LogP contribution in [0.1, 0.15) is 69.0 Å². The van der Waals surface area contributed by atoms with Crippen molar-refractivity contribution in [1.29, 1.82) is 0 Å². The van der Waals surface area contributed by atoms with E-state index in [9.17, 15) is 13.2 Å². The highest BCUT2D eigenvalue weighted by atomic mass is 32.2. The Labute approximate surface area is 227 Å². The van der Waals surface area contributed by atoms with Gasteiger partial charge in [0.25, 0.3) is 0 Å². The van der Waals surface area contributed by atoms with E-state index in [1.807, 2.05) is 52.2 Å². The number of rotatable bonds is 8. The van der Waals surface area contributed by atoms with E-state index in [4.69, 9.17) is 9.72 Å². The zero-order valence-electron chi connectivity index (χ0n) is 22.2. The van der Waals surface area contributed by atoms with Crippen molar-refractivity contribution in [3.63, 3.8) is 0 Å². The van der Waals surface area contributed by atoms with E-state index in [1.165, 1.54) is 0 Å². The lowest BCUT2D eigenvalue weighted by Crippen LogP contribution is -2.38. The molecule has 0 bridgehead atoms. The van der Waals surface area contributed by atoms with E-state index in [0.717, 1.165) is 47.1 Å². The average Bonchev–Trinajstić information content (AvgIpc) is 3.53. The molecule has 9 nitrogen and oxygen atoms in total. The van der Waals surface area contributed by atoms with Crippen LogP contribution in [0.25, 0.3) is 10.4 Å². The molecule has 11 heteroatoms. The Balaban J connectivity index is 1.34. The molecule has 204 valence electrons. The number of nitrogens with one attached hydrogen (secondary N) is 2. The minimum absolute atomic E-state index is 0.107. The van der Waals surface area contributed by atoms with Gasteiger partial charge in [0.05, 0.1) is 31.8 Å². The van der Waals surface area contributed by atoms with Crippen LogP contribution in [-0.2, 0) is 21.6 Å². The predicted octanol–water partition coefficient (Wildman–Crippen LogP) is 5.69. The number of hydrogen-bond donors (Lipinski definition) is 2. The summed E-state index contributed by atoms with van der Waals surface area (Å²) < 4.78 is 33.9. The number of alkyl carbamates (subject to hydrolysis) is 1. The molecule has 2 saturated carbocycles. The molecule has 0 radical (unpaired) electrons. The zero-order chi connectivity index (χ0) is 27.0. The van der Waals surface area contributed by atoms with Gasteiger partial charge in [-0.15, -0.1) is 11.3 Å². The Morgan fingerprint density at radius 1 is 1.13 bits per heavy atom. The van der Waals surface area contributed by atoms with Crippen molar-refractivity contribution in [2.45, 2.75) is 87.5 Å². The van der Waals surface area contributed by atoms with Crippen LogP contribution in [0.2, 0.25) is 0 Å². The van der Waals surface area contributed by atoms with E-state index < -0.39 is 9.84 Å². The van der Waals surface area contributed by atoms with Crippen molar-refractivity contribution < 1.29 is 17.9 Å². The van der Waals surface area contributed by atoms with Gasteiger partial charge >= 0.3 is 6.09 Å². The van der Waals surface area contributed by atoms with Crippen molar-refractivity contribution in [2.24, 2.45) is 7.05 Å². The number of hydrogen-bond acceptors (Lipinski definition) is 8. The largest absolute Gasteiger partial charge is 0.447 e. The fraction of sp³-hybridized carbons (Fsp3) is 0.519. The molecule has 1 amide bonds. The lowest BCUT2D eigenvalue weighted by atomic mass is 9.86. The van der Waals surface area contributed by atoms with E-state index in [-0.39, 0.29) is 23.5 Å². The molecule has 2 N–H and O–H groups in total. The number of benzene rings is 1. The second-order valence-corrected chi connectivity index (χ2v) is 13.8. The first kappa shape index (κ1) is 26.7. The first-order valence-electron chi connectivity index (χ1n) is 13.2. The molecule has 2 aliphatic carbocycles. The molecule has 3 aromatic rings. The average molecular weight is 558 g/mol. The monoisotopic (exact) mass is 557 g/mol. The number of amides is 1. The highest BCUT2D eigenvalue weighted by Gasteiger charge is 2.39. The van der Waals surface area contributed by atoms with Gasteiger partial charge in [-0.25, -0.2) is 18.2 Å². The molecule has 2 aromatic heterocycles. The second-order valence-electron chi connectivity index (χ2n) is 10.6. The summed E-state index contributed by atoms with van der Waals surface area (Å²) in [6.07, 6.45) is 6.28. The molecule has 0 saturated heterocycles. The standard InChI is InChI=1S/C27H35N5O4S2/c1-16(2)36-27(33)30-19-7-5-18(6-8-19)26-28-15-23(37-26)22-12-9-20(29-25-13-17(3)31-32(25)4)14-24(22)38(34,35)21-10-11-21/h9,12-16,18-19,21,29H,5-8,10-11H2,1-4H3,(H,30,33)/t18-,19-. The molecule has 0 atom stereocenters. The van der Waals surface area contributed by atoms with E-state index in [0.29, 0.717) is 34.9 Å². The first-order chi connectivity index (χ1) is 18.1. The minimum atomic E-state index is -3.44. The summed E-state index contributed by atoms with van der Waals surface area (Å²) in [5.74, 6) is 1.10. The smallest absolute Gasteiger partial charge is 0.407 e. The van der Waals surface area contributed by atoms with Gasteiger partial charge in [-0.2, -0.15) is 5.10 Å². The fourth-order valence-electron chi connectivity index (χ4n) is 4.97. The maximum absolute atomic E-state index is 13.5. The van der Waals surface area contributed by atoms with Gasteiger partial charge in [-0.1, -0.05) is 6.07 Å². The second kappa shape index (κ2) is 10.7. The van der Waals surface area contributed by atoms with Crippen LogP contribution in [0.5, 0.6) is 0 Å². The summed E-state index contributed by atoms with van der Waals surface area (Å²) >= 11 is 1.57. The topological polar surface area (TPSA) is 115 Å². The Morgan fingerprint density at radius 2 is 1.87 bits per heavy atom. The summed E-state index contributed by atoms with van der Waals surface area (Å²) in [7, 11) is -1.59. The van der Waals surface area contributed by atoms with Gasteiger partial charge in [0.2, 0.25) is 0 Å². The van der Waals surface area contributed by atoms with Gasteiger partial charge in [-0.3, -0.25) is 4.68 Å². The maximum atomic E-state index is 13.5. The van der Waals surface area contributed by atoms with Crippen molar-refractivity contribution in [1.82, 2.24) is 20.1 Å². The van der Waals surface area contributed by atoms with Crippen LogP contribution >= 0.6 is 11.3 Å². The Bertz CT molecular complexity index is 1420. The van der Waals surface area contributed by atoms with Crippen molar-refractivity contribution in [3.8, 4) is 10.4 Å². The number of aromatic nitrogens is 3. The third-order valence-electron chi connectivity index (χ3n) is 7.06. The summed E-state index contributed by atoms with van der Waals surface area (Å²) in [6.45, 7) is 5.59. The highest BCUT2D eigenvalue weighted by Crippen LogP contribution is 2.43.